The topological polar surface area (TPSA) is 60.3 Å². The standard InChI is InChI=1S/C20H26N2O4S/c1-25-19-9-8-18(14-20(19)26-2)15-21-10-12-22(13-11-21)27(23,24)16-17-6-4-3-5-7-17/h3-9,14H,10-13,15-16H2,1-2H3/p+1. The van der Waals surface area contributed by atoms with Gasteiger partial charge < -0.3 is 14.4 Å². The van der Waals surface area contributed by atoms with E-state index in [1.807, 2.05) is 48.5 Å². The number of ether oxygens (including phenoxy) is 2. The smallest absolute Gasteiger partial charge is 0.218 e. The second-order valence-electron chi connectivity index (χ2n) is 6.76. The van der Waals surface area contributed by atoms with E-state index in [0.717, 1.165) is 36.5 Å². The fourth-order valence-electron chi connectivity index (χ4n) is 3.41. The molecule has 1 aliphatic rings. The van der Waals surface area contributed by atoms with Gasteiger partial charge in [0.05, 0.1) is 46.2 Å². The fraction of sp³-hybridized carbons (Fsp3) is 0.400. The number of methoxy groups -OCH3 is 2. The Labute approximate surface area is 161 Å². The summed E-state index contributed by atoms with van der Waals surface area (Å²) in [6, 6.07) is 15.3. The molecule has 0 unspecified atom stereocenters. The number of benzene rings is 2. The number of nitrogens with zero attached hydrogens (tertiary/aromatic N) is 1. The Bertz CT molecular complexity index is 848. The van der Waals surface area contributed by atoms with Crippen LogP contribution in [0.3, 0.4) is 0 Å². The van der Waals surface area contributed by atoms with Gasteiger partial charge in [0.2, 0.25) is 10.0 Å². The predicted octanol–water partition coefficient (Wildman–Crippen LogP) is 0.934. The summed E-state index contributed by atoms with van der Waals surface area (Å²) in [6.45, 7) is 3.53. The minimum Gasteiger partial charge on any atom is -0.493 e. The van der Waals surface area contributed by atoms with Crippen molar-refractivity contribution in [1.29, 1.82) is 0 Å². The van der Waals surface area contributed by atoms with Crippen LogP contribution in [0.15, 0.2) is 48.5 Å². The maximum absolute atomic E-state index is 12.7. The highest BCUT2D eigenvalue weighted by Gasteiger charge is 2.29. The third-order valence-electron chi connectivity index (χ3n) is 4.92. The van der Waals surface area contributed by atoms with Gasteiger partial charge in [0.25, 0.3) is 0 Å². The zero-order valence-corrected chi connectivity index (χ0v) is 16.7. The van der Waals surface area contributed by atoms with Gasteiger partial charge in [-0.15, -0.1) is 0 Å². The largest absolute Gasteiger partial charge is 0.493 e. The Morgan fingerprint density at radius 3 is 2.22 bits per heavy atom. The van der Waals surface area contributed by atoms with Crippen LogP contribution >= 0.6 is 0 Å². The van der Waals surface area contributed by atoms with E-state index in [-0.39, 0.29) is 5.75 Å². The van der Waals surface area contributed by atoms with Crippen LogP contribution in [0.4, 0.5) is 0 Å². The number of hydrogen-bond acceptors (Lipinski definition) is 4. The van der Waals surface area contributed by atoms with Crippen LogP contribution < -0.4 is 14.4 Å². The van der Waals surface area contributed by atoms with Crippen LogP contribution in [0, 0.1) is 0 Å². The van der Waals surface area contributed by atoms with Crippen LogP contribution in [0.2, 0.25) is 0 Å². The Morgan fingerprint density at radius 1 is 0.926 bits per heavy atom. The highest BCUT2D eigenvalue weighted by Crippen LogP contribution is 2.27. The quantitative estimate of drug-likeness (QED) is 0.763. The van der Waals surface area contributed by atoms with Crippen LogP contribution in [0.5, 0.6) is 11.5 Å². The lowest BCUT2D eigenvalue weighted by atomic mass is 10.1. The molecule has 1 fully saturated rings. The van der Waals surface area contributed by atoms with Gasteiger partial charge in [0.15, 0.2) is 11.5 Å². The molecule has 0 aliphatic carbocycles. The second-order valence-corrected chi connectivity index (χ2v) is 8.73. The monoisotopic (exact) mass is 391 g/mol. The predicted molar refractivity (Wildman–Crippen MR) is 105 cm³/mol. The van der Waals surface area contributed by atoms with Gasteiger partial charge in [-0.3, -0.25) is 0 Å². The first kappa shape index (κ1) is 19.7. The maximum Gasteiger partial charge on any atom is 0.218 e. The minimum atomic E-state index is -3.27. The Hall–Kier alpha value is -2.09. The maximum atomic E-state index is 12.7. The molecular formula is C20H27N2O4S+. The van der Waals surface area contributed by atoms with E-state index in [2.05, 4.69) is 0 Å². The molecule has 3 rings (SSSR count). The Kier molecular flexibility index (Phi) is 6.36. The summed E-state index contributed by atoms with van der Waals surface area (Å²) in [5.74, 6) is 1.50. The summed E-state index contributed by atoms with van der Waals surface area (Å²) in [6.07, 6.45) is 0. The van der Waals surface area contributed by atoms with Gasteiger partial charge in [-0.05, 0) is 23.8 Å². The number of hydrogen-bond donors (Lipinski definition) is 1. The molecule has 7 heteroatoms. The number of rotatable bonds is 7. The van der Waals surface area contributed by atoms with E-state index < -0.39 is 10.0 Å². The van der Waals surface area contributed by atoms with Crippen LogP contribution in [-0.2, 0) is 22.3 Å². The zero-order chi connectivity index (χ0) is 19.3. The summed E-state index contributed by atoms with van der Waals surface area (Å²) in [5.41, 5.74) is 1.99. The molecule has 2 aromatic rings. The van der Waals surface area contributed by atoms with Crippen molar-refractivity contribution in [2.75, 3.05) is 40.4 Å². The first-order chi connectivity index (χ1) is 13.0. The molecule has 0 bridgehead atoms. The highest BCUT2D eigenvalue weighted by molar-refractivity contribution is 7.88. The van der Waals surface area contributed by atoms with Gasteiger partial charge in [0, 0.05) is 5.56 Å². The third-order valence-corrected chi connectivity index (χ3v) is 6.77. The van der Waals surface area contributed by atoms with Crippen LogP contribution in [-0.4, -0.2) is 53.1 Å². The van der Waals surface area contributed by atoms with E-state index in [0.29, 0.717) is 18.8 Å². The molecule has 1 N–H and O–H groups in total. The summed E-state index contributed by atoms with van der Waals surface area (Å²) < 4.78 is 37.6. The van der Waals surface area contributed by atoms with Crippen LogP contribution in [0.1, 0.15) is 11.1 Å². The normalized spacial score (nSPS) is 16.2. The van der Waals surface area contributed by atoms with Gasteiger partial charge >= 0.3 is 0 Å². The van der Waals surface area contributed by atoms with Gasteiger partial charge in [0.1, 0.15) is 6.54 Å². The van der Waals surface area contributed by atoms with E-state index >= 15 is 0 Å². The fourth-order valence-corrected chi connectivity index (χ4v) is 4.95. The molecular weight excluding hydrogens is 364 g/mol. The number of nitrogens with one attached hydrogen (secondary N) is 1. The summed E-state index contributed by atoms with van der Waals surface area (Å²) >= 11 is 0. The van der Waals surface area contributed by atoms with Crippen molar-refractivity contribution in [3.8, 4) is 11.5 Å². The number of quaternary nitrogens is 1. The molecule has 0 saturated carbocycles. The molecule has 1 saturated heterocycles. The average molecular weight is 392 g/mol. The van der Waals surface area contributed by atoms with Crippen molar-refractivity contribution in [3.63, 3.8) is 0 Å². The molecule has 1 heterocycles. The lowest BCUT2D eigenvalue weighted by Gasteiger charge is -2.31. The highest BCUT2D eigenvalue weighted by atomic mass is 32.2. The van der Waals surface area contributed by atoms with Crippen molar-refractivity contribution in [1.82, 2.24) is 4.31 Å². The first-order valence-corrected chi connectivity index (χ1v) is 10.7. The molecule has 146 valence electrons. The van der Waals surface area contributed by atoms with E-state index in [4.69, 9.17) is 9.47 Å². The van der Waals surface area contributed by atoms with E-state index in [1.54, 1.807) is 18.5 Å². The molecule has 0 atom stereocenters. The van der Waals surface area contributed by atoms with Gasteiger partial charge in [-0.2, -0.15) is 4.31 Å². The SMILES string of the molecule is COc1ccc(C[NH+]2CCN(S(=O)(=O)Cc3ccccc3)CC2)cc1OC. The summed E-state index contributed by atoms with van der Waals surface area (Å²) in [7, 11) is -0.0162. The number of piperazine rings is 1. The van der Waals surface area contributed by atoms with Crippen molar-refractivity contribution >= 4 is 10.0 Å². The van der Waals surface area contributed by atoms with Gasteiger partial charge in [-0.25, -0.2) is 8.42 Å². The molecule has 1 aliphatic heterocycles. The summed E-state index contributed by atoms with van der Waals surface area (Å²) in [4.78, 5) is 1.37. The van der Waals surface area contributed by atoms with Gasteiger partial charge in [-0.1, -0.05) is 30.3 Å². The second kappa shape index (κ2) is 8.73. The Balaban J connectivity index is 1.57. The molecule has 2 aromatic carbocycles. The van der Waals surface area contributed by atoms with E-state index in [1.165, 1.54) is 4.90 Å². The molecule has 0 aromatic heterocycles. The average Bonchev–Trinajstić information content (AvgIpc) is 2.68. The molecule has 0 spiro atoms. The third kappa shape index (κ3) is 5.00. The summed E-state index contributed by atoms with van der Waals surface area (Å²) in [5, 5.41) is 0. The minimum absolute atomic E-state index is 0.0683. The molecule has 27 heavy (non-hydrogen) atoms. The molecule has 0 radical (unpaired) electrons. The molecule has 6 nitrogen and oxygen atoms in total. The Morgan fingerprint density at radius 2 is 1.59 bits per heavy atom. The van der Waals surface area contributed by atoms with Crippen molar-refractivity contribution in [2.24, 2.45) is 0 Å². The first-order valence-electron chi connectivity index (χ1n) is 9.08. The van der Waals surface area contributed by atoms with Crippen LogP contribution in [0.25, 0.3) is 0 Å². The van der Waals surface area contributed by atoms with Crippen molar-refractivity contribution in [2.45, 2.75) is 12.3 Å². The number of sulfonamides is 1. The lowest BCUT2D eigenvalue weighted by molar-refractivity contribution is -0.917. The lowest BCUT2D eigenvalue weighted by Crippen LogP contribution is -3.13. The van der Waals surface area contributed by atoms with Crippen molar-refractivity contribution in [3.05, 3.63) is 59.7 Å². The zero-order valence-electron chi connectivity index (χ0n) is 15.8. The molecule has 0 amide bonds. The van der Waals surface area contributed by atoms with Crippen molar-refractivity contribution < 1.29 is 22.8 Å². The van der Waals surface area contributed by atoms with E-state index in [9.17, 15) is 8.42 Å².